The minimum atomic E-state index is -0.253. The van der Waals surface area contributed by atoms with Crippen LogP contribution in [0.5, 0.6) is 17.2 Å². The molecule has 0 N–H and O–H groups in total. The second kappa shape index (κ2) is 13.8. The quantitative estimate of drug-likeness (QED) is 0.209. The average molecular weight is 527 g/mol. The third-order valence-corrected chi connectivity index (χ3v) is 6.11. The first-order chi connectivity index (χ1) is 19.0. The second-order valence-electron chi connectivity index (χ2n) is 8.87. The molecule has 1 amide bonds. The van der Waals surface area contributed by atoms with Crippen molar-refractivity contribution in [3.8, 4) is 17.2 Å². The highest BCUT2D eigenvalue weighted by Gasteiger charge is 2.13. The fraction of sp³-hybridized carbons (Fsp3) is 0.188. The minimum Gasteiger partial charge on any atom is -0.493 e. The molecule has 0 aliphatic heterocycles. The maximum Gasteiger partial charge on any atom is 0.247 e. The fourth-order valence-electron chi connectivity index (χ4n) is 4.04. The number of carbonyl (C=O) groups excluding carboxylic acids is 1. The zero-order valence-corrected chi connectivity index (χ0v) is 22.0. The SMILES string of the molecule is COc1ccc(C=CC(=O)N(Cc2ccncc2)Cc2cccc(OCCc3ccc(F)cc3)c2)cc1OC. The van der Waals surface area contributed by atoms with Crippen LogP contribution in [0.3, 0.4) is 0 Å². The fourth-order valence-corrected chi connectivity index (χ4v) is 4.04. The van der Waals surface area contributed by atoms with Crippen LogP contribution in [0.1, 0.15) is 22.3 Å². The first-order valence-corrected chi connectivity index (χ1v) is 12.6. The monoisotopic (exact) mass is 526 g/mol. The van der Waals surface area contributed by atoms with Crippen LogP contribution in [0.4, 0.5) is 4.39 Å². The molecule has 7 heteroatoms. The summed E-state index contributed by atoms with van der Waals surface area (Å²) in [6, 6.07) is 23.4. The van der Waals surface area contributed by atoms with E-state index in [4.69, 9.17) is 14.2 Å². The van der Waals surface area contributed by atoms with Crippen molar-refractivity contribution in [1.82, 2.24) is 9.88 Å². The summed E-state index contributed by atoms with van der Waals surface area (Å²) in [5, 5.41) is 0. The molecule has 1 heterocycles. The highest BCUT2D eigenvalue weighted by atomic mass is 19.1. The molecule has 0 saturated carbocycles. The number of pyridine rings is 1. The molecule has 200 valence electrons. The number of ether oxygens (including phenoxy) is 3. The van der Waals surface area contributed by atoms with Gasteiger partial charge in [-0.3, -0.25) is 9.78 Å². The third-order valence-electron chi connectivity index (χ3n) is 6.11. The molecule has 1 aromatic heterocycles. The number of nitrogens with zero attached hydrogens (tertiary/aromatic N) is 2. The van der Waals surface area contributed by atoms with Crippen LogP contribution in [0.15, 0.2) is 97.3 Å². The molecule has 0 aliphatic rings. The summed E-state index contributed by atoms with van der Waals surface area (Å²) in [7, 11) is 3.16. The normalized spacial score (nSPS) is 10.8. The predicted molar refractivity (Wildman–Crippen MR) is 149 cm³/mol. The summed E-state index contributed by atoms with van der Waals surface area (Å²) in [4.78, 5) is 19.2. The van der Waals surface area contributed by atoms with Crippen LogP contribution in [-0.4, -0.2) is 36.6 Å². The first-order valence-electron chi connectivity index (χ1n) is 12.6. The molecule has 0 radical (unpaired) electrons. The topological polar surface area (TPSA) is 60.9 Å². The number of benzene rings is 3. The first kappa shape index (κ1) is 27.4. The Kier molecular flexibility index (Phi) is 9.67. The van der Waals surface area contributed by atoms with Crippen molar-refractivity contribution in [2.75, 3.05) is 20.8 Å². The lowest BCUT2D eigenvalue weighted by atomic mass is 10.1. The molecule has 3 aromatic carbocycles. The van der Waals surface area contributed by atoms with Gasteiger partial charge < -0.3 is 19.1 Å². The van der Waals surface area contributed by atoms with Crippen molar-refractivity contribution in [3.63, 3.8) is 0 Å². The Balaban J connectivity index is 1.46. The molecule has 0 saturated heterocycles. The van der Waals surface area contributed by atoms with Crippen LogP contribution in [0.2, 0.25) is 0 Å². The van der Waals surface area contributed by atoms with Crippen molar-refractivity contribution in [2.45, 2.75) is 19.5 Å². The maximum absolute atomic E-state index is 13.4. The van der Waals surface area contributed by atoms with Crippen molar-refractivity contribution >= 4 is 12.0 Å². The van der Waals surface area contributed by atoms with E-state index in [-0.39, 0.29) is 11.7 Å². The molecule has 39 heavy (non-hydrogen) atoms. The van der Waals surface area contributed by atoms with Crippen LogP contribution >= 0.6 is 0 Å². The molecule has 0 fully saturated rings. The molecule has 0 atom stereocenters. The maximum atomic E-state index is 13.4. The largest absolute Gasteiger partial charge is 0.493 e. The van der Waals surface area contributed by atoms with Gasteiger partial charge in [-0.2, -0.15) is 0 Å². The molecule has 0 spiro atoms. The van der Waals surface area contributed by atoms with Gasteiger partial charge >= 0.3 is 0 Å². The summed E-state index contributed by atoms with van der Waals surface area (Å²) in [5.74, 6) is 1.55. The van der Waals surface area contributed by atoms with E-state index in [0.717, 1.165) is 22.3 Å². The summed E-state index contributed by atoms with van der Waals surface area (Å²) >= 11 is 0. The van der Waals surface area contributed by atoms with Gasteiger partial charge in [0.05, 0.1) is 20.8 Å². The Labute approximate surface area is 228 Å². The number of carbonyl (C=O) groups is 1. The van der Waals surface area contributed by atoms with E-state index in [0.29, 0.717) is 43.4 Å². The molecular formula is C32H31FN2O4. The number of hydrogen-bond acceptors (Lipinski definition) is 5. The summed E-state index contributed by atoms with van der Waals surface area (Å²) in [6.07, 6.45) is 7.42. The van der Waals surface area contributed by atoms with E-state index in [1.807, 2.05) is 48.5 Å². The number of aromatic nitrogens is 1. The van der Waals surface area contributed by atoms with Crippen LogP contribution in [0.25, 0.3) is 6.08 Å². The van der Waals surface area contributed by atoms with Gasteiger partial charge in [0.25, 0.3) is 0 Å². The van der Waals surface area contributed by atoms with Gasteiger partial charge in [0.1, 0.15) is 11.6 Å². The smallest absolute Gasteiger partial charge is 0.247 e. The zero-order valence-electron chi connectivity index (χ0n) is 22.0. The Morgan fingerprint density at radius 3 is 2.33 bits per heavy atom. The molecule has 4 aromatic rings. The molecular weight excluding hydrogens is 495 g/mol. The lowest BCUT2D eigenvalue weighted by molar-refractivity contribution is -0.127. The molecule has 0 unspecified atom stereocenters. The zero-order chi connectivity index (χ0) is 27.5. The van der Waals surface area contributed by atoms with E-state index in [1.54, 1.807) is 61.9 Å². The van der Waals surface area contributed by atoms with E-state index in [1.165, 1.54) is 12.1 Å². The van der Waals surface area contributed by atoms with Gasteiger partial charge in [-0.05, 0) is 76.9 Å². The van der Waals surface area contributed by atoms with E-state index in [9.17, 15) is 9.18 Å². The van der Waals surface area contributed by atoms with E-state index in [2.05, 4.69) is 4.98 Å². The lowest BCUT2D eigenvalue weighted by Crippen LogP contribution is -2.28. The molecule has 4 rings (SSSR count). The van der Waals surface area contributed by atoms with E-state index < -0.39 is 0 Å². The lowest BCUT2D eigenvalue weighted by Gasteiger charge is -2.22. The molecule has 0 aliphatic carbocycles. The van der Waals surface area contributed by atoms with Crippen molar-refractivity contribution in [1.29, 1.82) is 0 Å². The molecule has 6 nitrogen and oxygen atoms in total. The van der Waals surface area contributed by atoms with Gasteiger partial charge in [-0.15, -0.1) is 0 Å². The number of rotatable bonds is 12. The highest BCUT2D eigenvalue weighted by molar-refractivity contribution is 5.91. The number of methoxy groups -OCH3 is 2. The van der Waals surface area contributed by atoms with Crippen LogP contribution < -0.4 is 14.2 Å². The van der Waals surface area contributed by atoms with Gasteiger partial charge in [0.15, 0.2) is 11.5 Å². The standard InChI is InChI=1S/C32H31FN2O4/c1-37-30-12-8-25(21-31(30)38-2)9-13-32(36)35(22-26-14-17-34-18-15-26)23-27-4-3-5-29(20-27)39-19-16-24-6-10-28(33)11-7-24/h3-15,17-18,20-21H,16,19,22-23H2,1-2H3. The third kappa shape index (κ3) is 8.17. The minimum absolute atomic E-state index is 0.135. The van der Waals surface area contributed by atoms with Gasteiger partial charge in [0, 0.05) is 38.0 Å². The second-order valence-corrected chi connectivity index (χ2v) is 8.87. The number of amides is 1. The van der Waals surface area contributed by atoms with Gasteiger partial charge in [0.2, 0.25) is 5.91 Å². The number of hydrogen-bond donors (Lipinski definition) is 0. The molecule has 0 bridgehead atoms. The Bertz CT molecular complexity index is 1390. The van der Waals surface area contributed by atoms with Crippen molar-refractivity contribution in [3.05, 3.63) is 125 Å². The van der Waals surface area contributed by atoms with Gasteiger partial charge in [-0.25, -0.2) is 4.39 Å². The van der Waals surface area contributed by atoms with Crippen LogP contribution in [0, 0.1) is 5.82 Å². The van der Waals surface area contributed by atoms with Gasteiger partial charge in [-0.1, -0.05) is 30.3 Å². The van der Waals surface area contributed by atoms with Crippen molar-refractivity contribution < 1.29 is 23.4 Å². The van der Waals surface area contributed by atoms with E-state index >= 15 is 0 Å². The predicted octanol–water partition coefficient (Wildman–Crippen LogP) is 6.10. The Morgan fingerprint density at radius 1 is 0.846 bits per heavy atom. The highest BCUT2D eigenvalue weighted by Crippen LogP contribution is 2.28. The number of halogens is 1. The Hall–Kier alpha value is -4.65. The van der Waals surface area contributed by atoms with Crippen molar-refractivity contribution in [2.24, 2.45) is 0 Å². The van der Waals surface area contributed by atoms with Crippen LogP contribution in [-0.2, 0) is 24.3 Å². The summed E-state index contributed by atoms with van der Waals surface area (Å²) < 4.78 is 29.7. The summed E-state index contributed by atoms with van der Waals surface area (Å²) in [5.41, 5.74) is 3.74. The average Bonchev–Trinajstić information content (AvgIpc) is 2.97. The Morgan fingerprint density at radius 2 is 1.59 bits per heavy atom. The summed E-state index contributed by atoms with van der Waals surface area (Å²) in [6.45, 7) is 1.28.